The highest BCUT2D eigenvalue weighted by Crippen LogP contribution is 2.17. The third-order valence-corrected chi connectivity index (χ3v) is 4.41. The van der Waals surface area contributed by atoms with Gasteiger partial charge in [0.1, 0.15) is 0 Å². The van der Waals surface area contributed by atoms with Crippen molar-refractivity contribution < 1.29 is 14.1 Å². The van der Waals surface area contributed by atoms with Gasteiger partial charge in [-0.05, 0) is 29.8 Å². The van der Waals surface area contributed by atoms with Crippen LogP contribution in [-0.4, -0.2) is 35.2 Å². The van der Waals surface area contributed by atoms with E-state index in [0.717, 1.165) is 11.3 Å². The van der Waals surface area contributed by atoms with E-state index in [0.29, 0.717) is 36.8 Å². The number of nitrogens with one attached hydrogen (secondary N) is 2. The van der Waals surface area contributed by atoms with Gasteiger partial charge < -0.3 is 15.2 Å². The Morgan fingerprint density at radius 3 is 2.64 bits per heavy atom. The number of nitrogens with zero attached hydrogens (tertiary/aromatic N) is 3. The molecule has 0 bridgehead atoms. The van der Waals surface area contributed by atoms with E-state index in [1.165, 1.54) is 0 Å². The third kappa shape index (κ3) is 4.01. The molecule has 1 fully saturated rings. The Morgan fingerprint density at radius 2 is 1.93 bits per heavy atom. The summed E-state index contributed by atoms with van der Waals surface area (Å²) in [6, 6.07) is 16.6. The summed E-state index contributed by atoms with van der Waals surface area (Å²) in [5.41, 5.74) is 2.34. The van der Waals surface area contributed by atoms with Crippen molar-refractivity contribution in [3.8, 4) is 0 Å². The molecule has 28 heavy (non-hydrogen) atoms. The predicted molar refractivity (Wildman–Crippen MR) is 102 cm³/mol. The maximum Gasteiger partial charge on any atom is 0.321 e. The summed E-state index contributed by atoms with van der Waals surface area (Å²) in [7, 11) is 0. The van der Waals surface area contributed by atoms with E-state index < -0.39 is 0 Å². The van der Waals surface area contributed by atoms with E-state index in [9.17, 15) is 9.59 Å². The largest absolute Gasteiger partial charge is 0.343 e. The van der Waals surface area contributed by atoms with Crippen LogP contribution >= 0.6 is 0 Å². The normalized spacial score (nSPS) is 13.4. The maximum absolute atomic E-state index is 12.3. The molecular weight excluding hydrogens is 358 g/mol. The first-order chi connectivity index (χ1) is 13.7. The summed E-state index contributed by atoms with van der Waals surface area (Å²) in [4.78, 5) is 29.9. The van der Waals surface area contributed by atoms with Crippen molar-refractivity contribution in [2.75, 3.05) is 18.0 Å². The van der Waals surface area contributed by atoms with Gasteiger partial charge >= 0.3 is 6.03 Å². The van der Waals surface area contributed by atoms with Crippen molar-refractivity contribution in [3.05, 3.63) is 77.4 Å². The number of amides is 3. The zero-order valence-electron chi connectivity index (χ0n) is 15.1. The molecule has 0 radical (unpaired) electrons. The second-order valence-corrected chi connectivity index (χ2v) is 6.38. The molecule has 2 aromatic carbocycles. The molecule has 8 heteroatoms. The van der Waals surface area contributed by atoms with Gasteiger partial charge in [0.25, 0.3) is 5.91 Å². The third-order valence-electron chi connectivity index (χ3n) is 4.41. The molecule has 2 heterocycles. The topological polar surface area (TPSA) is 100 Å². The molecule has 0 unspecified atom stereocenters. The van der Waals surface area contributed by atoms with Gasteiger partial charge in [0, 0.05) is 30.8 Å². The Hall–Kier alpha value is -3.68. The van der Waals surface area contributed by atoms with Crippen molar-refractivity contribution in [2.45, 2.75) is 13.0 Å². The number of aromatic nitrogens is 2. The first-order valence-corrected chi connectivity index (χ1v) is 8.98. The average Bonchev–Trinajstić information content (AvgIpc) is 3.36. The predicted octanol–water partition coefficient (Wildman–Crippen LogP) is 2.12. The van der Waals surface area contributed by atoms with Crippen LogP contribution in [0.2, 0.25) is 0 Å². The smallest absolute Gasteiger partial charge is 0.321 e. The second kappa shape index (κ2) is 7.91. The second-order valence-electron chi connectivity index (χ2n) is 6.38. The fourth-order valence-corrected chi connectivity index (χ4v) is 2.98. The van der Waals surface area contributed by atoms with E-state index in [-0.39, 0.29) is 18.5 Å². The molecule has 0 atom stereocenters. The van der Waals surface area contributed by atoms with Crippen molar-refractivity contribution in [2.24, 2.45) is 0 Å². The molecule has 1 aromatic heterocycles. The molecule has 0 aliphatic carbocycles. The fourth-order valence-electron chi connectivity index (χ4n) is 2.98. The standard InChI is InChI=1S/C20H19N5O3/c26-19(15-6-8-16(9-7-15)25-11-10-21-20(25)27)22-13-18-23-17(24-28-18)12-14-4-2-1-3-5-14/h1-9H,10-13H2,(H,21,27)(H,22,26). The highest BCUT2D eigenvalue weighted by Gasteiger charge is 2.21. The summed E-state index contributed by atoms with van der Waals surface area (Å²) >= 11 is 0. The first-order valence-electron chi connectivity index (χ1n) is 8.98. The zero-order valence-corrected chi connectivity index (χ0v) is 15.1. The Bertz CT molecular complexity index is 969. The van der Waals surface area contributed by atoms with Crippen LogP contribution in [0.15, 0.2) is 59.1 Å². The quantitative estimate of drug-likeness (QED) is 0.685. The molecule has 8 nitrogen and oxygen atoms in total. The van der Waals surface area contributed by atoms with Gasteiger partial charge in [0.2, 0.25) is 5.89 Å². The molecule has 1 saturated heterocycles. The van der Waals surface area contributed by atoms with Gasteiger partial charge in [-0.2, -0.15) is 4.98 Å². The summed E-state index contributed by atoms with van der Waals surface area (Å²) in [6.45, 7) is 1.39. The minimum absolute atomic E-state index is 0.125. The molecule has 3 amide bonds. The average molecular weight is 377 g/mol. The minimum Gasteiger partial charge on any atom is -0.343 e. The van der Waals surface area contributed by atoms with Crippen LogP contribution in [0.3, 0.4) is 0 Å². The van der Waals surface area contributed by atoms with Crippen molar-refractivity contribution >= 4 is 17.6 Å². The highest BCUT2D eigenvalue weighted by molar-refractivity contribution is 5.96. The van der Waals surface area contributed by atoms with E-state index in [2.05, 4.69) is 20.8 Å². The van der Waals surface area contributed by atoms with Gasteiger partial charge in [-0.3, -0.25) is 9.69 Å². The lowest BCUT2D eigenvalue weighted by atomic mass is 10.1. The monoisotopic (exact) mass is 377 g/mol. The molecule has 4 rings (SSSR count). The molecule has 1 aliphatic heterocycles. The van der Waals surface area contributed by atoms with Crippen molar-refractivity contribution in [1.29, 1.82) is 0 Å². The van der Waals surface area contributed by atoms with E-state index in [1.807, 2.05) is 30.3 Å². The van der Waals surface area contributed by atoms with Crippen LogP contribution in [0.1, 0.15) is 27.6 Å². The zero-order chi connectivity index (χ0) is 19.3. The van der Waals surface area contributed by atoms with Crippen LogP contribution in [-0.2, 0) is 13.0 Å². The van der Waals surface area contributed by atoms with E-state index in [4.69, 9.17) is 4.52 Å². The number of carbonyl (C=O) groups excluding carboxylic acids is 2. The number of carbonyl (C=O) groups is 2. The Morgan fingerprint density at radius 1 is 1.14 bits per heavy atom. The number of hydrogen-bond acceptors (Lipinski definition) is 5. The van der Waals surface area contributed by atoms with Crippen molar-refractivity contribution in [1.82, 2.24) is 20.8 Å². The number of urea groups is 1. The minimum atomic E-state index is -0.250. The first kappa shape index (κ1) is 17.7. The Balaban J connectivity index is 1.32. The SMILES string of the molecule is O=C(NCc1nc(Cc2ccccc2)no1)c1ccc(N2CCNC2=O)cc1. The van der Waals surface area contributed by atoms with Crippen LogP contribution in [0.4, 0.5) is 10.5 Å². The number of anilines is 1. The molecule has 3 aromatic rings. The molecule has 1 aliphatic rings. The Labute approximate surface area is 161 Å². The lowest BCUT2D eigenvalue weighted by molar-refractivity contribution is 0.0946. The van der Waals surface area contributed by atoms with Gasteiger partial charge in [-0.15, -0.1) is 0 Å². The molecule has 0 saturated carbocycles. The molecule has 2 N–H and O–H groups in total. The number of hydrogen-bond donors (Lipinski definition) is 2. The van der Waals surface area contributed by atoms with Crippen LogP contribution in [0, 0.1) is 0 Å². The maximum atomic E-state index is 12.3. The van der Waals surface area contributed by atoms with Gasteiger partial charge in [0.15, 0.2) is 5.82 Å². The molecule has 0 spiro atoms. The van der Waals surface area contributed by atoms with E-state index in [1.54, 1.807) is 29.2 Å². The van der Waals surface area contributed by atoms with Gasteiger partial charge in [0.05, 0.1) is 6.54 Å². The lowest BCUT2D eigenvalue weighted by Crippen LogP contribution is -2.28. The van der Waals surface area contributed by atoms with Crippen molar-refractivity contribution in [3.63, 3.8) is 0 Å². The highest BCUT2D eigenvalue weighted by atomic mass is 16.5. The summed E-state index contributed by atoms with van der Waals surface area (Å²) in [5, 5.41) is 9.45. The number of rotatable bonds is 6. The summed E-state index contributed by atoms with van der Waals surface area (Å²) in [6.07, 6.45) is 0.573. The molecular formula is C20H19N5O3. The summed E-state index contributed by atoms with van der Waals surface area (Å²) in [5.74, 6) is 0.675. The van der Waals surface area contributed by atoms with Crippen LogP contribution in [0.5, 0.6) is 0 Å². The van der Waals surface area contributed by atoms with Gasteiger partial charge in [-0.25, -0.2) is 4.79 Å². The lowest BCUT2D eigenvalue weighted by Gasteiger charge is -2.14. The van der Waals surface area contributed by atoms with E-state index >= 15 is 0 Å². The number of benzene rings is 2. The summed E-state index contributed by atoms with van der Waals surface area (Å²) < 4.78 is 5.19. The fraction of sp³-hybridized carbons (Fsp3) is 0.200. The van der Waals surface area contributed by atoms with Crippen LogP contribution in [0.25, 0.3) is 0 Å². The van der Waals surface area contributed by atoms with Crippen LogP contribution < -0.4 is 15.5 Å². The Kier molecular flexibility index (Phi) is 5.01. The van der Waals surface area contributed by atoms with Gasteiger partial charge in [-0.1, -0.05) is 35.5 Å². The molecule has 142 valence electrons.